The second-order valence-electron chi connectivity index (χ2n) is 5.35. The first kappa shape index (κ1) is 12.5. The highest BCUT2D eigenvalue weighted by atomic mass is 35.5. The fourth-order valence-electron chi connectivity index (χ4n) is 2.68. The van der Waals surface area contributed by atoms with Crippen molar-refractivity contribution < 1.29 is 0 Å². The van der Waals surface area contributed by atoms with Crippen molar-refractivity contribution in [3.63, 3.8) is 0 Å². The summed E-state index contributed by atoms with van der Waals surface area (Å²) in [7, 11) is 0. The molecule has 0 radical (unpaired) electrons. The quantitative estimate of drug-likeness (QED) is 0.636. The molecular formula is C15H18ClN. The van der Waals surface area contributed by atoms with Gasteiger partial charge >= 0.3 is 0 Å². The fraction of sp³-hybridized carbons (Fsp3) is 0.467. The number of rotatable bonds is 3. The highest BCUT2D eigenvalue weighted by Gasteiger charge is 2.38. The zero-order valence-electron chi connectivity index (χ0n) is 10.4. The molecule has 90 valence electrons. The normalized spacial score (nSPS) is 20.9. The molecule has 1 aromatic carbocycles. The van der Waals surface area contributed by atoms with Crippen LogP contribution in [0.2, 0.25) is 5.02 Å². The molecule has 0 spiro atoms. The maximum Gasteiger partial charge on any atom is 0.0409 e. The van der Waals surface area contributed by atoms with Crippen LogP contribution < -0.4 is 5.32 Å². The fourth-order valence-corrected chi connectivity index (χ4v) is 2.86. The molecule has 2 heteroatoms. The Labute approximate surface area is 109 Å². The van der Waals surface area contributed by atoms with Crippen LogP contribution in [0.5, 0.6) is 0 Å². The Morgan fingerprint density at radius 3 is 3.00 bits per heavy atom. The topological polar surface area (TPSA) is 12.0 Å². The average molecular weight is 248 g/mol. The Bertz CT molecular complexity index is 456. The summed E-state index contributed by atoms with van der Waals surface area (Å²) in [5, 5.41) is 4.37. The first-order valence-corrected chi connectivity index (χ1v) is 6.37. The van der Waals surface area contributed by atoms with Crippen LogP contribution >= 0.6 is 11.6 Å². The van der Waals surface area contributed by atoms with Crippen molar-refractivity contribution in [1.29, 1.82) is 0 Å². The van der Waals surface area contributed by atoms with Crippen LogP contribution in [0.15, 0.2) is 18.2 Å². The summed E-state index contributed by atoms with van der Waals surface area (Å²) in [6.45, 7) is 5.43. The Kier molecular flexibility index (Phi) is 3.47. The zero-order valence-corrected chi connectivity index (χ0v) is 11.1. The van der Waals surface area contributed by atoms with E-state index in [1.165, 1.54) is 11.1 Å². The van der Waals surface area contributed by atoms with Gasteiger partial charge in [0.1, 0.15) is 0 Å². The molecule has 1 N–H and O–H groups in total. The van der Waals surface area contributed by atoms with Gasteiger partial charge < -0.3 is 5.32 Å². The van der Waals surface area contributed by atoms with Crippen LogP contribution in [0.4, 0.5) is 0 Å². The number of hydrogen-bond acceptors (Lipinski definition) is 1. The number of fused-ring (bicyclic) bond motifs is 1. The van der Waals surface area contributed by atoms with Gasteiger partial charge in [0.2, 0.25) is 0 Å². The van der Waals surface area contributed by atoms with Crippen molar-refractivity contribution in [3.05, 3.63) is 34.3 Å². The molecule has 1 aromatic rings. The standard InChI is InChI=1S/C15H18ClN/c1-4-5-8-17-14-13-9-12(16)7-6-11(13)10-15(14,2)3/h1,6-7,9,14,17H,5,8,10H2,2-3H3. The van der Waals surface area contributed by atoms with Gasteiger partial charge in [-0.25, -0.2) is 0 Å². The second kappa shape index (κ2) is 4.72. The van der Waals surface area contributed by atoms with Gasteiger partial charge in [-0.1, -0.05) is 31.5 Å². The van der Waals surface area contributed by atoms with Crippen molar-refractivity contribution in [2.75, 3.05) is 6.54 Å². The summed E-state index contributed by atoms with van der Waals surface area (Å²) >= 11 is 6.08. The Morgan fingerprint density at radius 2 is 2.29 bits per heavy atom. The van der Waals surface area contributed by atoms with Crippen molar-refractivity contribution >= 4 is 11.6 Å². The minimum absolute atomic E-state index is 0.224. The maximum atomic E-state index is 6.08. The van der Waals surface area contributed by atoms with Gasteiger partial charge in [-0.15, -0.1) is 12.3 Å². The van der Waals surface area contributed by atoms with Gasteiger partial charge in [0.15, 0.2) is 0 Å². The minimum atomic E-state index is 0.224. The molecule has 1 atom stereocenters. The van der Waals surface area contributed by atoms with E-state index < -0.39 is 0 Å². The highest BCUT2D eigenvalue weighted by molar-refractivity contribution is 6.30. The van der Waals surface area contributed by atoms with Crippen molar-refractivity contribution in [2.24, 2.45) is 5.41 Å². The molecule has 0 aliphatic heterocycles. The lowest BCUT2D eigenvalue weighted by molar-refractivity contribution is 0.271. The van der Waals surface area contributed by atoms with Crippen molar-refractivity contribution in [3.8, 4) is 12.3 Å². The van der Waals surface area contributed by atoms with E-state index in [0.717, 1.165) is 24.4 Å². The van der Waals surface area contributed by atoms with Crippen molar-refractivity contribution in [1.82, 2.24) is 5.32 Å². The Balaban J connectivity index is 2.24. The summed E-state index contributed by atoms with van der Waals surface area (Å²) in [4.78, 5) is 0. The number of nitrogens with one attached hydrogen (secondary N) is 1. The van der Waals surface area contributed by atoms with E-state index in [1.807, 2.05) is 6.07 Å². The third-order valence-electron chi connectivity index (χ3n) is 3.46. The molecule has 0 bridgehead atoms. The molecular weight excluding hydrogens is 230 g/mol. The lowest BCUT2D eigenvalue weighted by Crippen LogP contribution is -2.31. The molecule has 1 unspecified atom stereocenters. The average Bonchev–Trinajstić information content (AvgIpc) is 2.50. The third kappa shape index (κ3) is 2.49. The summed E-state index contributed by atoms with van der Waals surface area (Å²) in [5.41, 5.74) is 2.96. The lowest BCUT2D eigenvalue weighted by atomic mass is 9.85. The molecule has 1 nitrogen and oxygen atoms in total. The third-order valence-corrected chi connectivity index (χ3v) is 3.70. The largest absolute Gasteiger partial charge is 0.308 e. The van der Waals surface area contributed by atoms with Gasteiger partial charge in [-0.2, -0.15) is 0 Å². The highest BCUT2D eigenvalue weighted by Crippen LogP contribution is 2.45. The van der Waals surface area contributed by atoms with E-state index in [-0.39, 0.29) is 5.41 Å². The van der Waals surface area contributed by atoms with Crippen molar-refractivity contribution in [2.45, 2.75) is 32.7 Å². The van der Waals surface area contributed by atoms with E-state index in [1.54, 1.807) is 0 Å². The molecule has 0 fully saturated rings. The van der Waals surface area contributed by atoms with E-state index >= 15 is 0 Å². The number of halogens is 1. The Morgan fingerprint density at radius 1 is 1.53 bits per heavy atom. The van der Waals surface area contributed by atoms with Crippen LogP contribution in [0.25, 0.3) is 0 Å². The molecule has 1 aliphatic carbocycles. The van der Waals surface area contributed by atoms with E-state index in [0.29, 0.717) is 6.04 Å². The SMILES string of the molecule is C#CCCNC1c2cc(Cl)ccc2CC1(C)C. The summed E-state index contributed by atoms with van der Waals surface area (Å²) in [6.07, 6.45) is 7.15. The van der Waals surface area contributed by atoms with Crippen LogP contribution in [-0.4, -0.2) is 6.54 Å². The zero-order chi connectivity index (χ0) is 12.5. The number of benzene rings is 1. The van der Waals surface area contributed by atoms with Gasteiger partial charge in [0.05, 0.1) is 0 Å². The monoisotopic (exact) mass is 247 g/mol. The van der Waals surface area contributed by atoms with Gasteiger partial charge in [-0.05, 0) is 35.1 Å². The molecule has 0 aromatic heterocycles. The molecule has 0 saturated carbocycles. The molecule has 17 heavy (non-hydrogen) atoms. The predicted molar refractivity (Wildman–Crippen MR) is 73.1 cm³/mol. The number of hydrogen-bond donors (Lipinski definition) is 1. The van der Waals surface area contributed by atoms with E-state index in [9.17, 15) is 0 Å². The predicted octanol–water partition coefficient (Wildman–Crippen LogP) is 3.58. The molecule has 2 rings (SSSR count). The minimum Gasteiger partial charge on any atom is -0.308 e. The smallest absolute Gasteiger partial charge is 0.0409 e. The first-order chi connectivity index (χ1) is 8.04. The number of terminal acetylenes is 1. The Hall–Kier alpha value is -0.970. The molecule has 0 amide bonds. The summed E-state index contributed by atoms with van der Waals surface area (Å²) in [5.74, 6) is 2.67. The van der Waals surface area contributed by atoms with Gasteiger partial charge in [0, 0.05) is 24.0 Å². The summed E-state index contributed by atoms with van der Waals surface area (Å²) < 4.78 is 0. The maximum absolute atomic E-state index is 6.08. The van der Waals surface area contributed by atoms with E-state index in [2.05, 4.69) is 37.2 Å². The molecule has 0 heterocycles. The second-order valence-corrected chi connectivity index (χ2v) is 5.79. The van der Waals surface area contributed by atoms with Crippen LogP contribution in [0.3, 0.4) is 0 Å². The van der Waals surface area contributed by atoms with Crippen LogP contribution in [-0.2, 0) is 6.42 Å². The first-order valence-electron chi connectivity index (χ1n) is 6.00. The lowest BCUT2D eigenvalue weighted by Gasteiger charge is -2.28. The molecule has 0 saturated heterocycles. The summed E-state index contributed by atoms with van der Waals surface area (Å²) in [6, 6.07) is 6.55. The van der Waals surface area contributed by atoms with E-state index in [4.69, 9.17) is 18.0 Å². The molecule has 1 aliphatic rings. The van der Waals surface area contributed by atoms with Crippen LogP contribution in [0, 0.1) is 17.8 Å². The van der Waals surface area contributed by atoms with Gasteiger partial charge in [0.25, 0.3) is 0 Å². The van der Waals surface area contributed by atoms with Gasteiger partial charge in [-0.3, -0.25) is 0 Å². The van der Waals surface area contributed by atoms with Crippen LogP contribution in [0.1, 0.15) is 37.4 Å².